The summed E-state index contributed by atoms with van der Waals surface area (Å²) >= 11 is 0. The van der Waals surface area contributed by atoms with Gasteiger partial charge in [-0.3, -0.25) is 0 Å². The Morgan fingerprint density at radius 3 is 2.52 bits per heavy atom. The van der Waals surface area contributed by atoms with Crippen LogP contribution in [0.3, 0.4) is 0 Å². The Labute approximate surface area is 153 Å². The Bertz CT molecular complexity index is 669. The number of fused-ring (bicyclic) bond motifs is 5. The second-order valence-corrected chi connectivity index (χ2v) is 9.29. The topological polar surface area (TPSA) is 20.2 Å². The van der Waals surface area contributed by atoms with Crippen LogP contribution < -0.4 is 0 Å². The molecule has 0 heterocycles. The maximum Gasteiger partial charge on any atom is 0.115 e. The summed E-state index contributed by atoms with van der Waals surface area (Å²) in [5.74, 6) is 4.00. The molecule has 1 heteroatoms. The molecule has 0 aromatic heterocycles. The van der Waals surface area contributed by atoms with Gasteiger partial charge in [0.1, 0.15) is 5.75 Å². The van der Waals surface area contributed by atoms with E-state index >= 15 is 0 Å². The molecule has 0 amide bonds. The van der Waals surface area contributed by atoms with Crippen molar-refractivity contribution in [2.24, 2.45) is 23.2 Å². The molecule has 4 aliphatic rings. The first-order valence-electron chi connectivity index (χ1n) is 10.5. The Kier molecular flexibility index (Phi) is 4.46. The normalized spacial score (nSPS) is 37.6. The van der Waals surface area contributed by atoms with E-state index in [2.05, 4.69) is 32.9 Å². The number of aromatic hydroxyl groups is 1. The second-order valence-electron chi connectivity index (χ2n) is 9.29. The molecule has 4 unspecified atom stereocenters. The van der Waals surface area contributed by atoms with E-state index in [9.17, 15) is 5.11 Å². The Balaban J connectivity index is 0.000000347. The maximum atomic E-state index is 9.73. The van der Waals surface area contributed by atoms with Crippen LogP contribution in [0.5, 0.6) is 5.75 Å². The van der Waals surface area contributed by atoms with Gasteiger partial charge in [-0.1, -0.05) is 44.4 Å². The predicted octanol–water partition coefficient (Wildman–Crippen LogP) is 6.61. The molecule has 0 saturated heterocycles. The van der Waals surface area contributed by atoms with Gasteiger partial charge in [-0.15, -0.1) is 0 Å². The van der Waals surface area contributed by atoms with Crippen LogP contribution in [-0.2, 0) is 6.42 Å². The van der Waals surface area contributed by atoms with Gasteiger partial charge in [0.15, 0.2) is 0 Å². The van der Waals surface area contributed by atoms with Crippen LogP contribution in [0.4, 0.5) is 0 Å². The largest absolute Gasteiger partial charge is 0.508 e. The maximum absolute atomic E-state index is 9.73. The van der Waals surface area contributed by atoms with Gasteiger partial charge in [0.05, 0.1) is 0 Å². The van der Waals surface area contributed by atoms with Crippen LogP contribution in [0.2, 0.25) is 0 Å². The highest BCUT2D eigenvalue weighted by Gasteiger charge is 2.52. The molecule has 4 atom stereocenters. The predicted molar refractivity (Wildman–Crippen MR) is 105 cm³/mol. The monoisotopic (exact) mass is 338 g/mol. The van der Waals surface area contributed by atoms with Gasteiger partial charge in [0.25, 0.3) is 0 Å². The van der Waals surface area contributed by atoms with Crippen molar-refractivity contribution in [3.63, 3.8) is 0 Å². The summed E-state index contributed by atoms with van der Waals surface area (Å²) in [6.07, 6.45) is 13.2. The lowest BCUT2D eigenvalue weighted by Gasteiger charge is -2.49. The van der Waals surface area contributed by atoms with E-state index in [0.29, 0.717) is 11.2 Å². The fraction of sp³-hybridized carbons (Fsp3) is 0.667. The van der Waals surface area contributed by atoms with Gasteiger partial charge in [-0.05, 0) is 97.8 Å². The van der Waals surface area contributed by atoms with Gasteiger partial charge >= 0.3 is 0 Å². The number of benzene rings is 1. The molecule has 3 saturated carbocycles. The first-order chi connectivity index (χ1) is 12.0. The Morgan fingerprint density at radius 2 is 1.84 bits per heavy atom. The summed E-state index contributed by atoms with van der Waals surface area (Å²) in [5, 5.41) is 9.73. The molecular formula is C24H34O. The number of rotatable bonds is 0. The zero-order valence-electron chi connectivity index (χ0n) is 16.2. The molecule has 0 aliphatic heterocycles. The molecule has 1 aromatic carbocycles. The van der Waals surface area contributed by atoms with E-state index in [-0.39, 0.29) is 0 Å². The van der Waals surface area contributed by atoms with E-state index in [1.807, 2.05) is 12.1 Å². The Morgan fingerprint density at radius 1 is 1.08 bits per heavy atom. The minimum atomic E-state index is 0.435. The van der Waals surface area contributed by atoms with Crippen molar-refractivity contribution in [2.75, 3.05) is 0 Å². The molecule has 136 valence electrons. The Hall–Kier alpha value is -1.24. The van der Waals surface area contributed by atoms with Gasteiger partial charge in [0, 0.05) is 0 Å². The van der Waals surface area contributed by atoms with Crippen molar-refractivity contribution >= 4 is 0 Å². The molecule has 25 heavy (non-hydrogen) atoms. The molecule has 1 nitrogen and oxygen atoms in total. The van der Waals surface area contributed by atoms with E-state index in [4.69, 9.17) is 0 Å². The van der Waals surface area contributed by atoms with E-state index < -0.39 is 0 Å². The van der Waals surface area contributed by atoms with Crippen LogP contribution in [-0.4, -0.2) is 5.11 Å². The molecular weight excluding hydrogens is 304 g/mol. The van der Waals surface area contributed by atoms with Crippen molar-refractivity contribution < 1.29 is 5.11 Å². The lowest BCUT2D eigenvalue weighted by atomic mass is 9.55. The highest BCUT2D eigenvalue weighted by molar-refractivity contribution is 5.40. The van der Waals surface area contributed by atoms with Crippen molar-refractivity contribution in [3.8, 4) is 5.75 Å². The lowest BCUT2D eigenvalue weighted by Crippen LogP contribution is -2.40. The third-order valence-electron chi connectivity index (χ3n) is 7.77. The molecule has 4 aliphatic carbocycles. The van der Waals surface area contributed by atoms with Crippen LogP contribution in [0.15, 0.2) is 29.8 Å². The van der Waals surface area contributed by atoms with Crippen molar-refractivity contribution in [1.82, 2.24) is 0 Å². The van der Waals surface area contributed by atoms with Crippen LogP contribution in [0.25, 0.3) is 0 Å². The second kappa shape index (κ2) is 6.49. The number of phenolic OH excluding ortho intramolecular Hbond substituents is 1. The number of hydrogen-bond donors (Lipinski definition) is 1. The van der Waals surface area contributed by atoms with Gasteiger partial charge in [0.2, 0.25) is 0 Å². The molecule has 5 rings (SSSR count). The number of hydrogen-bond acceptors (Lipinski definition) is 1. The highest BCUT2D eigenvalue weighted by atomic mass is 16.3. The van der Waals surface area contributed by atoms with Gasteiger partial charge < -0.3 is 5.11 Å². The minimum absolute atomic E-state index is 0.435. The fourth-order valence-corrected chi connectivity index (χ4v) is 6.06. The summed E-state index contributed by atoms with van der Waals surface area (Å²) in [6, 6.07) is 6.10. The standard InChI is InChI=1S/C20H26O.C4H8/c1-3-14-5-9-19-18-7-4-13-12-15(21)6-8-16(13)17(18)10-11-20(14,19)2;1-4-2-3-4/h3,6,8,12,17-19,21H,4-5,7,9-11H2,1-2H3;4H,2-3H2,1H3/b14-3-;. The van der Waals surface area contributed by atoms with Crippen LogP contribution in [0.1, 0.15) is 82.8 Å². The average Bonchev–Trinajstić information content (AvgIpc) is 3.30. The summed E-state index contributed by atoms with van der Waals surface area (Å²) in [7, 11) is 0. The van der Waals surface area contributed by atoms with Crippen LogP contribution in [0, 0.1) is 23.2 Å². The van der Waals surface area contributed by atoms with E-state index in [0.717, 1.165) is 30.1 Å². The van der Waals surface area contributed by atoms with Crippen molar-refractivity contribution in [3.05, 3.63) is 41.0 Å². The van der Waals surface area contributed by atoms with Gasteiger partial charge in [-0.2, -0.15) is 0 Å². The average molecular weight is 339 g/mol. The van der Waals surface area contributed by atoms with Crippen LogP contribution >= 0.6 is 0 Å². The first kappa shape index (κ1) is 17.2. The summed E-state index contributed by atoms with van der Waals surface area (Å²) in [4.78, 5) is 0. The third kappa shape index (κ3) is 3.04. The smallest absolute Gasteiger partial charge is 0.115 e. The highest BCUT2D eigenvalue weighted by Crippen LogP contribution is 2.62. The number of phenols is 1. The molecule has 3 fully saturated rings. The molecule has 1 aromatic rings. The molecule has 1 N–H and O–H groups in total. The minimum Gasteiger partial charge on any atom is -0.508 e. The molecule has 0 spiro atoms. The zero-order valence-corrected chi connectivity index (χ0v) is 16.2. The summed E-state index contributed by atoms with van der Waals surface area (Å²) in [6.45, 7) is 7.04. The lowest BCUT2D eigenvalue weighted by molar-refractivity contribution is 0.0813. The van der Waals surface area contributed by atoms with Gasteiger partial charge in [-0.25, -0.2) is 0 Å². The van der Waals surface area contributed by atoms with E-state index in [1.54, 1.807) is 11.1 Å². The fourth-order valence-electron chi connectivity index (χ4n) is 6.06. The van der Waals surface area contributed by atoms with Crippen molar-refractivity contribution in [2.45, 2.75) is 78.1 Å². The molecule has 0 bridgehead atoms. The summed E-state index contributed by atoms with van der Waals surface area (Å²) < 4.78 is 0. The number of allylic oxidation sites excluding steroid dienone is 2. The van der Waals surface area contributed by atoms with E-state index in [1.165, 1.54) is 50.5 Å². The first-order valence-corrected chi connectivity index (χ1v) is 10.5. The number of aryl methyl sites for hydroxylation is 1. The summed E-state index contributed by atoms with van der Waals surface area (Å²) in [5.41, 5.74) is 5.15. The third-order valence-corrected chi connectivity index (χ3v) is 7.77. The SMILES string of the molecule is C/C=C1/CCC2C3CCc4cc(O)ccc4C3CCC12C.CC1CC1. The zero-order chi connectivity index (χ0) is 17.6. The quantitative estimate of drug-likeness (QED) is 0.528. The molecule has 0 radical (unpaired) electrons. The van der Waals surface area contributed by atoms with Crippen molar-refractivity contribution in [1.29, 1.82) is 0 Å².